The van der Waals surface area contributed by atoms with Gasteiger partial charge >= 0.3 is 0 Å². The Balaban J connectivity index is 1.48. The van der Waals surface area contributed by atoms with Crippen molar-refractivity contribution in [3.63, 3.8) is 0 Å². The van der Waals surface area contributed by atoms with Gasteiger partial charge in [-0.3, -0.25) is 4.79 Å². The number of carbonyl (C=O) groups is 1. The molecule has 2 saturated heterocycles. The summed E-state index contributed by atoms with van der Waals surface area (Å²) in [5.41, 5.74) is 0.623. The highest BCUT2D eigenvalue weighted by Crippen LogP contribution is 2.35. The van der Waals surface area contributed by atoms with Crippen molar-refractivity contribution >= 4 is 11.7 Å². The molecule has 1 aromatic carbocycles. The number of aromatic nitrogens is 1. The van der Waals surface area contributed by atoms with Gasteiger partial charge in [0.05, 0.1) is 5.41 Å². The van der Waals surface area contributed by atoms with Gasteiger partial charge in [-0.05, 0) is 37.0 Å². The van der Waals surface area contributed by atoms with E-state index in [1.807, 2.05) is 42.6 Å². The van der Waals surface area contributed by atoms with E-state index in [0.29, 0.717) is 13.2 Å². The highest BCUT2D eigenvalue weighted by atomic mass is 16.5. The summed E-state index contributed by atoms with van der Waals surface area (Å²) in [6.07, 6.45) is 4.23. The fourth-order valence-electron chi connectivity index (χ4n) is 4.07. The Labute approximate surface area is 154 Å². The maximum Gasteiger partial charge on any atom is 0.231 e. The first-order valence-electron chi connectivity index (χ1n) is 9.38. The molecule has 2 aliphatic heterocycles. The van der Waals surface area contributed by atoms with Crippen LogP contribution in [-0.2, 0) is 14.9 Å². The van der Waals surface area contributed by atoms with Crippen molar-refractivity contribution in [2.24, 2.45) is 0 Å². The summed E-state index contributed by atoms with van der Waals surface area (Å²) < 4.78 is 5.54. The minimum absolute atomic E-state index is 0.139. The lowest BCUT2D eigenvalue weighted by Gasteiger charge is -2.37. The lowest BCUT2D eigenvalue weighted by atomic mass is 9.73. The number of hydrogen-bond acceptors (Lipinski definition) is 4. The van der Waals surface area contributed by atoms with Crippen molar-refractivity contribution in [3.05, 3.63) is 60.3 Å². The number of nitrogens with one attached hydrogen (secondary N) is 1. The monoisotopic (exact) mass is 351 g/mol. The molecule has 2 aliphatic rings. The van der Waals surface area contributed by atoms with Gasteiger partial charge in [-0.2, -0.15) is 0 Å². The maximum atomic E-state index is 13.3. The third-order valence-corrected chi connectivity index (χ3v) is 5.60. The fourth-order valence-corrected chi connectivity index (χ4v) is 4.07. The first-order chi connectivity index (χ1) is 12.8. The van der Waals surface area contributed by atoms with Gasteiger partial charge in [0, 0.05) is 38.5 Å². The van der Waals surface area contributed by atoms with E-state index < -0.39 is 5.41 Å². The number of ether oxygens (including phenoxy) is 1. The predicted octanol–water partition coefficient (Wildman–Crippen LogP) is 2.52. The number of rotatable bonds is 4. The largest absolute Gasteiger partial charge is 0.381 e. The first-order valence-corrected chi connectivity index (χ1v) is 9.38. The van der Waals surface area contributed by atoms with Crippen LogP contribution in [0.3, 0.4) is 0 Å². The van der Waals surface area contributed by atoms with E-state index >= 15 is 0 Å². The van der Waals surface area contributed by atoms with Crippen molar-refractivity contribution in [1.29, 1.82) is 0 Å². The van der Waals surface area contributed by atoms with Crippen LogP contribution in [-0.4, -0.2) is 43.2 Å². The molecule has 0 unspecified atom stereocenters. The van der Waals surface area contributed by atoms with Gasteiger partial charge < -0.3 is 15.0 Å². The molecule has 136 valence electrons. The Hall–Kier alpha value is -2.40. The summed E-state index contributed by atoms with van der Waals surface area (Å²) >= 11 is 0. The third kappa shape index (κ3) is 3.31. The lowest BCUT2D eigenvalue weighted by Crippen LogP contribution is -2.51. The zero-order chi connectivity index (χ0) is 17.8. The second-order valence-electron chi connectivity index (χ2n) is 7.15. The predicted molar refractivity (Wildman–Crippen MR) is 101 cm³/mol. The quantitative estimate of drug-likeness (QED) is 0.920. The van der Waals surface area contributed by atoms with Gasteiger partial charge in [-0.1, -0.05) is 36.4 Å². The van der Waals surface area contributed by atoms with Crippen LogP contribution in [0.15, 0.2) is 54.7 Å². The number of amides is 1. The van der Waals surface area contributed by atoms with Crippen LogP contribution in [0, 0.1) is 0 Å². The second kappa shape index (κ2) is 7.46. The molecule has 1 atom stereocenters. The van der Waals surface area contributed by atoms with Crippen LogP contribution < -0.4 is 10.2 Å². The van der Waals surface area contributed by atoms with Gasteiger partial charge in [0.1, 0.15) is 5.82 Å². The van der Waals surface area contributed by atoms with Crippen LogP contribution in [0.4, 0.5) is 5.82 Å². The average Bonchev–Trinajstić information content (AvgIpc) is 3.18. The molecule has 2 fully saturated rings. The normalized spacial score (nSPS) is 22.2. The van der Waals surface area contributed by atoms with Gasteiger partial charge in [0.25, 0.3) is 0 Å². The molecule has 5 heteroatoms. The Bertz CT molecular complexity index is 729. The van der Waals surface area contributed by atoms with E-state index in [9.17, 15) is 4.79 Å². The highest BCUT2D eigenvalue weighted by Gasteiger charge is 2.42. The second-order valence-corrected chi connectivity index (χ2v) is 7.15. The number of anilines is 1. The van der Waals surface area contributed by atoms with Crippen LogP contribution in [0.2, 0.25) is 0 Å². The Morgan fingerprint density at radius 3 is 2.62 bits per heavy atom. The summed E-state index contributed by atoms with van der Waals surface area (Å²) in [5, 5.41) is 3.32. The van der Waals surface area contributed by atoms with E-state index in [-0.39, 0.29) is 11.9 Å². The number of hydrogen-bond donors (Lipinski definition) is 1. The molecule has 3 heterocycles. The number of carbonyl (C=O) groups excluding carboxylic acids is 1. The van der Waals surface area contributed by atoms with Gasteiger partial charge in [-0.25, -0.2) is 4.98 Å². The topological polar surface area (TPSA) is 54.5 Å². The van der Waals surface area contributed by atoms with Crippen molar-refractivity contribution < 1.29 is 9.53 Å². The zero-order valence-electron chi connectivity index (χ0n) is 14.9. The van der Waals surface area contributed by atoms with Crippen LogP contribution in [0.5, 0.6) is 0 Å². The molecule has 0 radical (unpaired) electrons. The molecule has 0 spiro atoms. The molecular formula is C21H25N3O2. The van der Waals surface area contributed by atoms with Crippen molar-refractivity contribution in [3.8, 4) is 0 Å². The fraction of sp³-hybridized carbons (Fsp3) is 0.429. The number of benzene rings is 1. The summed E-state index contributed by atoms with van der Waals surface area (Å²) in [7, 11) is 0. The summed E-state index contributed by atoms with van der Waals surface area (Å²) in [5.74, 6) is 1.12. The molecule has 0 saturated carbocycles. The molecule has 4 rings (SSSR count). The van der Waals surface area contributed by atoms with Crippen LogP contribution in [0.1, 0.15) is 24.8 Å². The van der Waals surface area contributed by atoms with Crippen LogP contribution >= 0.6 is 0 Å². The van der Waals surface area contributed by atoms with E-state index in [1.54, 1.807) is 0 Å². The average molecular weight is 351 g/mol. The molecule has 1 aromatic heterocycles. The zero-order valence-corrected chi connectivity index (χ0v) is 14.9. The summed E-state index contributed by atoms with van der Waals surface area (Å²) in [4.78, 5) is 20.0. The van der Waals surface area contributed by atoms with Gasteiger partial charge in [0.15, 0.2) is 0 Å². The molecular weight excluding hydrogens is 326 g/mol. The standard InChI is InChI=1S/C21H25N3O2/c25-20(21(10-14-26-15-11-21)17-6-2-1-3-7-17)23-18-9-13-24(16-18)19-8-4-5-12-22-19/h1-8,12,18H,9-11,13-16H2,(H,23,25)/t18-/m1/s1. The molecule has 0 aliphatic carbocycles. The van der Waals surface area contributed by atoms with E-state index in [1.165, 1.54) is 0 Å². The lowest BCUT2D eigenvalue weighted by molar-refractivity contribution is -0.131. The first kappa shape index (κ1) is 17.0. The van der Waals surface area contributed by atoms with Gasteiger partial charge in [-0.15, -0.1) is 0 Å². The SMILES string of the molecule is O=C(N[C@@H]1CCN(c2ccccn2)C1)C1(c2ccccc2)CCOCC1. The van der Waals surface area contributed by atoms with Crippen molar-refractivity contribution in [1.82, 2.24) is 10.3 Å². The number of pyridine rings is 1. The Morgan fingerprint density at radius 1 is 1.12 bits per heavy atom. The molecule has 0 bridgehead atoms. The van der Waals surface area contributed by atoms with E-state index in [0.717, 1.165) is 43.7 Å². The molecule has 1 N–H and O–H groups in total. The Kier molecular flexibility index (Phi) is 4.89. The van der Waals surface area contributed by atoms with E-state index in [4.69, 9.17) is 4.74 Å². The molecule has 26 heavy (non-hydrogen) atoms. The molecule has 1 amide bonds. The smallest absolute Gasteiger partial charge is 0.231 e. The van der Waals surface area contributed by atoms with Crippen molar-refractivity contribution in [2.45, 2.75) is 30.7 Å². The van der Waals surface area contributed by atoms with Gasteiger partial charge in [0.2, 0.25) is 5.91 Å². The summed E-state index contributed by atoms with van der Waals surface area (Å²) in [6.45, 7) is 2.99. The third-order valence-electron chi connectivity index (χ3n) is 5.60. The molecule has 5 nitrogen and oxygen atoms in total. The maximum absolute atomic E-state index is 13.3. The highest BCUT2D eigenvalue weighted by molar-refractivity contribution is 5.88. The Morgan fingerprint density at radius 2 is 1.88 bits per heavy atom. The van der Waals surface area contributed by atoms with Crippen LogP contribution in [0.25, 0.3) is 0 Å². The minimum Gasteiger partial charge on any atom is -0.381 e. The van der Waals surface area contributed by atoms with Crippen molar-refractivity contribution in [2.75, 3.05) is 31.2 Å². The van der Waals surface area contributed by atoms with E-state index in [2.05, 4.69) is 27.3 Å². The number of nitrogens with zero attached hydrogens (tertiary/aromatic N) is 2. The minimum atomic E-state index is -0.474. The molecule has 2 aromatic rings. The summed E-state index contributed by atoms with van der Waals surface area (Å²) in [6, 6.07) is 16.3.